The Morgan fingerprint density at radius 1 is 1.22 bits per heavy atom. The molecule has 0 amide bonds. The first-order valence-corrected chi connectivity index (χ1v) is 14.7. The molecule has 3 aromatic carbocycles. The van der Waals surface area contributed by atoms with Crippen molar-refractivity contribution in [3.05, 3.63) is 62.2 Å². The molecule has 6 rings (SSSR count). The molecule has 0 radical (unpaired) electrons. The maximum atomic E-state index is 16.4. The Bertz CT molecular complexity index is 1750. The van der Waals surface area contributed by atoms with Gasteiger partial charge in [0.05, 0.1) is 16.3 Å². The number of nitrogens with zero attached hydrogens (tertiary/aromatic N) is 2. The second-order valence-electron chi connectivity index (χ2n) is 12.0. The third-order valence-electron chi connectivity index (χ3n) is 8.04. The molecule has 0 bridgehead atoms. The molecule has 3 heterocycles. The minimum Gasteiger partial charge on any atom is -0.463 e. The van der Waals surface area contributed by atoms with Gasteiger partial charge in [-0.05, 0) is 97.3 Å². The lowest BCUT2D eigenvalue weighted by molar-refractivity contribution is -0.142. The summed E-state index contributed by atoms with van der Waals surface area (Å²) in [6, 6.07) is 12.3. The van der Waals surface area contributed by atoms with Crippen LogP contribution < -0.4 is 15.0 Å². The molecule has 2 aliphatic rings. The highest BCUT2D eigenvalue weighted by atomic mass is 127. The summed E-state index contributed by atoms with van der Waals surface area (Å²) >= 11 is 2.00. The Morgan fingerprint density at radius 2 is 2.00 bits per heavy atom. The highest BCUT2D eigenvalue weighted by Gasteiger charge is 2.49. The van der Waals surface area contributed by atoms with E-state index in [9.17, 15) is 14.0 Å². The molecule has 0 spiro atoms. The number of aromatic nitrogens is 2. The SMILES string of the molecule is CC(C)(C)C(=O)Oc1cc(-c2cc(I)c3c(=O)[nH]c(OC[C@@]45CCCN4C[C@H](F)C5)nc3c2F)c2ccccc2c1. The highest BCUT2D eigenvalue weighted by molar-refractivity contribution is 14.1. The van der Waals surface area contributed by atoms with Crippen molar-refractivity contribution in [2.24, 2.45) is 5.41 Å². The van der Waals surface area contributed by atoms with Crippen molar-refractivity contribution in [3.8, 4) is 22.9 Å². The number of H-pyrrole nitrogens is 1. The quantitative estimate of drug-likeness (QED) is 0.150. The molecule has 10 heteroatoms. The third kappa shape index (κ3) is 5.09. The van der Waals surface area contributed by atoms with Gasteiger partial charge in [-0.25, -0.2) is 8.78 Å². The molecule has 4 aromatic rings. The Balaban J connectivity index is 1.44. The number of nitrogens with one attached hydrogen (secondary N) is 1. The van der Waals surface area contributed by atoms with E-state index in [0.29, 0.717) is 27.8 Å². The molecule has 1 N–H and O–H groups in total. The van der Waals surface area contributed by atoms with E-state index < -0.39 is 34.5 Å². The van der Waals surface area contributed by atoms with Crippen LogP contribution >= 0.6 is 22.6 Å². The number of carbonyl (C=O) groups is 1. The van der Waals surface area contributed by atoms with Crippen molar-refractivity contribution in [2.45, 2.75) is 51.7 Å². The van der Waals surface area contributed by atoms with E-state index in [2.05, 4.69) is 14.9 Å². The van der Waals surface area contributed by atoms with E-state index in [1.165, 1.54) is 0 Å². The first-order chi connectivity index (χ1) is 19.4. The third-order valence-corrected chi connectivity index (χ3v) is 8.89. The average Bonchev–Trinajstić information content (AvgIpc) is 3.44. The lowest BCUT2D eigenvalue weighted by Gasteiger charge is -2.30. The van der Waals surface area contributed by atoms with Crippen LogP contribution in [0.2, 0.25) is 0 Å². The highest BCUT2D eigenvalue weighted by Crippen LogP contribution is 2.41. The Kier molecular flexibility index (Phi) is 7.04. The summed E-state index contributed by atoms with van der Waals surface area (Å²) < 4.78 is 42.7. The molecule has 2 fully saturated rings. The number of ether oxygens (including phenoxy) is 2. The van der Waals surface area contributed by atoms with Gasteiger partial charge >= 0.3 is 5.97 Å². The van der Waals surface area contributed by atoms with E-state index in [1.807, 2.05) is 46.9 Å². The van der Waals surface area contributed by atoms with E-state index in [-0.39, 0.29) is 29.1 Å². The normalized spacial score (nSPS) is 21.0. The van der Waals surface area contributed by atoms with E-state index in [1.54, 1.807) is 39.0 Å². The smallest absolute Gasteiger partial charge is 0.316 e. The molecule has 0 saturated carbocycles. The predicted octanol–water partition coefficient (Wildman–Crippen LogP) is 6.39. The van der Waals surface area contributed by atoms with Crippen LogP contribution in [0.15, 0.2) is 47.3 Å². The molecule has 214 valence electrons. The number of carbonyl (C=O) groups excluding carboxylic acids is 1. The summed E-state index contributed by atoms with van der Waals surface area (Å²) in [5.41, 5.74) is -1.09. The van der Waals surface area contributed by atoms with Crippen LogP contribution in [0, 0.1) is 14.8 Å². The van der Waals surface area contributed by atoms with Gasteiger partial charge in [0.2, 0.25) is 0 Å². The van der Waals surface area contributed by atoms with Gasteiger partial charge in [-0.3, -0.25) is 19.5 Å². The summed E-state index contributed by atoms with van der Waals surface area (Å²) in [6.45, 7) is 6.62. The van der Waals surface area contributed by atoms with Crippen LogP contribution in [-0.4, -0.2) is 52.2 Å². The maximum Gasteiger partial charge on any atom is 0.316 e. The lowest BCUT2D eigenvalue weighted by atomic mass is 9.95. The van der Waals surface area contributed by atoms with Crippen LogP contribution in [0.1, 0.15) is 40.0 Å². The van der Waals surface area contributed by atoms with Crippen LogP contribution in [0.3, 0.4) is 0 Å². The van der Waals surface area contributed by atoms with Gasteiger partial charge in [0, 0.05) is 22.1 Å². The molecule has 0 aliphatic carbocycles. The second-order valence-corrected chi connectivity index (χ2v) is 13.2. The largest absolute Gasteiger partial charge is 0.463 e. The molecule has 2 atom stereocenters. The molecule has 1 aromatic heterocycles. The zero-order chi connectivity index (χ0) is 29.1. The van der Waals surface area contributed by atoms with Crippen molar-refractivity contribution < 1.29 is 23.0 Å². The number of alkyl halides is 1. The second kappa shape index (κ2) is 10.3. The van der Waals surface area contributed by atoms with Crippen molar-refractivity contribution in [1.82, 2.24) is 14.9 Å². The zero-order valence-corrected chi connectivity index (χ0v) is 25.2. The summed E-state index contributed by atoms with van der Waals surface area (Å²) in [6.07, 6.45) is 1.19. The molecule has 2 aliphatic heterocycles. The number of hydrogen-bond donors (Lipinski definition) is 1. The van der Waals surface area contributed by atoms with Gasteiger partial charge in [-0.1, -0.05) is 24.3 Å². The Hall–Kier alpha value is -3.12. The molecule has 0 unspecified atom stereocenters. The minimum absolute atomic E-state index is 0.101. The first-order valence-electron chi connectivity index (χ1n) is 13.6. The molecule has 7 nitrogen and oxygen atoms in total. The van der Waals surface area contributed by atoms with Crippen LogP contribution in [0.4, 0.5) is 8.78 Å². The van der Waals surface area contributed by atoms with Crippen LogP contribution in [0.5, 0.6) is 11.8 Å². The fourth-order valence-electron chi connectivity index (χ4n) is 5.96. The summed E-state index contributed by atoms with van der Waals surface area (Å²) in [5.74, 6) is -0.811. The number of benzene rings is 3. The molecule has 41 heavy (non-hydrogen) atoms. The number of esters is 1. The van der Waals surface area contributed by atoms with Gasteiger partial charge < -0.3 is 9.47 Å². The van der Waals surface area contributed by atoms with E-state index in [0.717, 1.165) is 30.2 Å². The molecule has 2 saturated heterocycles. The number of hydrogen-bond acceptors (Lipinski definition) is 6. The minimum atomic E-state index is -0.919. The van der Waals surface area contributed by atoms with Gasteiger partial charge in [0.25, 0.3) is 11.6 Å². The van der Waals surface area contributed by atoms with Gasteiger partial charge in [0.15, 0.2) is 5.82 Å². The van der Waals surface area contributed by atoms with Crippen LogP contribution in [0.25, 0.3) is 32.8 Å². The first kappa shape index (κ1) is 28.0. The monoisotopic (exact) mass is 673 g/mol. The maximum absolute atomic E-state index is 16.4. The zero-order valence-electron chi connectivity index (χ0n) is 23.0. The van der Waals surface area contributed by atoms with Crippen molar-refractivity contribution >= 4 is 50.2 Å². The number of aromatic amines is 1. The molecular formula is C31H30F2IN3O4. The Labute approximate surface area is 249 Å². The van der Waals surface area contributed by atoms with Crippen molar-refractivity contribution in [1.29, 1.82) is 0 Å². The number of halogens is 3. The van der Waals surface area contributed by atoms with Crippen molar-refractivity contribution in [2.75, 3.05) is 19.7 Å². The molecular weight excluding hydrogens is 643 g/mol. The average molecular weight is 673 g/mol. The summed E-state index contributed by atoms with van der Waals surface area (Å²) in [4.78, 5) is 34.9. The van der Waals surface area contributed by atoms with Crippen molar-refractivity contribution in [3.63, 3.8) is 0 Å². The predicted molar refractivity (Wildman–Crippen MR) is 162 cm³/mol. The number of fused-ring (bicyclic) bond motifs is 3. The van der Waals surface area contributed by atoms with Gasteiger partial charge in [-0.15, -0.1) is 0 Å². The fraction of sp³-hybridized carbons (Fsp3) is 0.387. The van der Waals surface area contributed by atoms with Crippen LogP contribution in [-0.2, 0) is 4.79 Å². The lowest BCUT2D eigenvalue weighted by Crippen LogP contribution is -2.43. The topological polar surface area (TPSA) is 84.5 Å². The standard InChI is InChI=1S/C31H30F2IN3O4/c1-30(2,3)28(39)41-19-11-17-7-4-5-8-20(17)21(12-19)22-13-23(34)24-26(25(22)33)35-29(36-27(24)38)40-16-31-9-6-10-37(31)15-18(32)14-31/h4-5,7-8,11-13,18H,6,9-10,14-16H2,1-3H3,(H,35,36,38)/t18-,31+/m1/s1. The summed E-state index contributed by atoms with van der Waals surface area (Å²) in [5, 5.41) is 1.63. The van der Waals surface area contributed by atoms with E-state index >= 15 is 4.39 Å². The van der Waals surface area contributed by atoms with E-state index in [4.69, 9.17) is 9.47 Å². The summed E-state index contributed by atoms with van der Waals surface area (Å²) in [7, 11) is 0. The Morgan fingerprint density at radius 3 is 2.78 bits per heavy atom. The fourth-order valence-corrected chi connectivity index (χ4v) is 6.78. The number of rotatable bonds is 5. The van der Waals surface area contributed by atoms with Gasteiger partial charge in [-0.2, -0.15) is 4.98 Å². The van der Waals surface area contributed by atoms with Gasteiger partial charge in [0.1, 0.15) is 24.0 Å².